The third-order valence-corrected chi connectivity index (χ3v) is 3.00. The van der Waals surface area contributed by atoms with Crippen molar-refractivity contribution in [1.29, 1.82) is 0 Å². The minimum atomic E-state index is 0.148. The van der Waals surface area contributed by atoms with Gasteiger partial charge in [-0.3, -0.25) is 4.79 Å². The number of carbonyl (C=O) groups excluding carboxylic acids is 1. The summed E-state index contributed by atoms with van der Waals surface area (Å²) < 4.78 is 0. The molecule has 1 aliphatic heterocycles. The maximum Gasteiger partial charge on any atom is 0.220 e. The second kappa shape index (κ2) is 3.93. The molecule has 3 heteroatoms. The van der Waals surface area contributed by atoms with Gasteiger partial charge in [0.15, 0.2) is 0 Å². The molecule has 3 nitrogen and oxygen atoms in total. The van der Waals surface area contributed by atoms with Crippen LogP contribution < -0.4 is 11.1 Å². The molecular formula is C12H16N2O. The van der Waals surface area contributed by atoms with Crippen molar-refractivity contribution >= 4 is 11.6 Å². The third kappa shape index (κ3) is 1.96. The Balaban J connectivity index is 2.25. The predicted molar refractivity (Wildman–Crippen MR) is 60.6 cm³/mol. The Morgan fingerprint density at radius 3 is 2.93 bits per heavy atom. The average molecular weight is 204 g/mol. The number of hydrogen-bond acceptors (Lipinski definition) is 2. The van der Waals surface area contributed by atoms with Crippen molar-refractivity contribution in [3.63, 3.8) is 0 Å². The Morgan fingerprint density at radius 2 is 2.33 bits per heavy atom. The van der Waals surface area contributed by atoms with Gasteiger partial charge in [-0.25, -0.2) is 0 Å². The van der Waals surface area contributed by atoms with Crippen molar-refractivity contribution in [3.05, 3.63) is 29.3 Å². The van der Waals surface area contributed by atoms with Gasteiger partial charge in [0.2, 0.25) is 5.91 Å². The molecule has 1 amide bonds. The van der Waals surface area contributed by atoms with E-state index in [0.29, 0.717) is 12.3 Å². The number of hydrogen-bond donors (Lipinski definition) is 2. The number of carbonyl (C=O) groups is 1. The van der Waals surface area contributed by atoms with E-state index in [-0.39, 0.29) is 5.91 Å². The van der Waals surface area contributed by atoms with E-state index in [2.05, 4.69) is 18.3 Å². The number of rotatable bonds is 2. The van der Waals surface area contributed by atoms with Crippen molar-refractivity contribution in [3.8, 4) is 0 Å². The molecule has 0 saturated carbocycles. The summed E-state index contributed by atoms with van der Waals surface area (Å²) in [5, 5.41) is 2.85. The Labute approximate surface area is 89.7 Å². The lowest BCUT2D eigenvalue weighted by atomic mass is 9.95. The molecule has 15 heavy (non-hydrogen) atoms. The molecule has 1 heterocycles. The summed E-state index contributed by atoms with van der Waals surface area (Å²) in [6.07, 6.45) is 1.54. The summed E-state index contributed by atoms with van der Waals surface area (Å²) in [7, 11) is 0. The highest BCUT2D eigenvalue weighted by molar-refractivity contribution is 5.79. The first-order valence-electron chi connectivity index (χ1n) is 5.35. The monoisotopic (exact) mass is 204 g/mol. The molecule has 0 spiro atoms. The molecule has 0 bridgehead atoms. The number of nitrogen functional groups attached to an aromatic ring is 1. The zero-order chi connectivity index (χ0) is 10.8. The van der Waals surface area contributed by atoms with Gasteiger partial charge in [0.25, 0.3) is 0 Å². The average Bonchev–Trinajstić information content (AvgIpc) is 2.66. The van der Waals surface area contributed by atoms with E-state index in [1.807, 2.05) is 12.1 Å². The Bertz CT molecular complexity index is 387. The van der Waals surface area contributed by atoms with E-state index in [9.17, 15) is 4.79 Å². The molecule has 1 atom stereocenters. The fraction of sp³-hybridized carbons (Fsp3) is 0.417. The number of anilines is 1. The van der Waals surface area contributed by atoms with E-state index in [1.54, 1.807) is 0 Å². The Morgan fingerprint density at radius 1 is 1.53 bits per heavy atom. The van der Waals surface area contributed by atoms with E-state index in [0.717, 1.165) is 18.7 Å². The molecule has 3 N–H and O–H groups in total. The van der Waals surface area contributed by atoms with Crippen molar-refractivity contribution < 1.29 is 4.79 Å². The van der Waals surface area contributed by atoms with Gasteiger partial charge >= 0.3 is 0 Å². The first-order valence-corrected chi connectivity index (χ1v) is 5.35. The van der Waals surface area contributed by atoms with Crippen LogP contribution in [0.4, 0.5) is 5.69 Å². The van der Waals surface area contributed by atoms with Gasteiger partial charge in [-0.2, -0.15) is 0 Å². The topological polar surface area (TPSA) is 55.1 Å². The maximum absolute atomic E-state index is 11.1. The molecule has 0 radical (unpaired) electrons. The number of nitrogens with one attached hydrogen (secondary N) is 1. The molecular weight excluding hydrogens is 188 g/mol. The normalized spacial score (nSPS) is 20.3. The SMILES string of the molecule is CCc1cc(C2CNC(=O)C2)ccc1N. The molecule has 80 valence electrons. The fourth-order valence-electron chi connectivity index (χ4n) is 2.03. The van der Waals surface area contributed by atoms with Crippen LogP contribution >= 0.6 is 0 Å². The van der Waals surface area contributed by atoms with Crippen LogP contribution in [0.25, 0.3) is 0 Å². The maximum atomic E-state index is 11.1. The molecule has 1 fully saturated rings. The minimum absolute atomic E-state index is 0.148. The van der Waals surface area contributed by atoms with Crippen molar-refractivity contribution in [2.45, 2.75) is 25.7 Å². The van der Waals surface area contributed by atoms with Crippen LogP contribution in [0.1, 0.15) is 30.4 Å². The minimum Gasteiger partial charge on any atom is -0.399 e. The van der Waals surface area contributed by atoms with Crippen LogP contribution in [0.3, 0.4) is 0 Å². The van der Waals surface area contributed by atoms with Crippen LogP contribution in [0.2, 0.25) is 0 Å². The molecule has 2 rings (SSSR count). The zero-order valence-electron chi connectivity index (χ0n) is 8.92. The van der Waals surface area contributed by atoms with E-state index < -0.39 is 0 Å². The number of nitrogens with two attached hydrogens (primary N) is 1. The summed E-state index contributed by atoms with van der Waals surface area (Å²) >= 11 is 0. The Kier molecular flexibility index (Phi) is 2.62. The first-order chi connectivity index (χ1) is 7.20. The van der Waals surface area contributed by atoms with Gasteiger partial charge in [0, 0.05) is 24.6 Å². The van der Waals surface area contributed by atoms with Gasteiger partial charge < -0.3 is 11.1 Å². The molecule has 1 aliphatic rings. The molecule has 1 aromatic rings. The summed E-state index contributed by atoms with van der Waals surface area (Å²) in [5.74, 6) is 0.471. The van der Waals surface area contributed by atoms with Gasteiger partial charge in [-0.15, -0.1) is 0 Å². The number of aryl methyl sites for hydroxylation is 1. The third-order valence-electron chi connectivity index (χ3n) is 3.00. The highest BCUT2D eigenvalue weighted by atomic mass is 16.1. The summed E-state index contributed by atoms with van der Waals surface area (Å²) in [5.41, 5.74) is 9.08. The number of benzene rings is 1. The van der Waals surface area contributed by atoms with Crippen LogP contribution in [-0.2, 0) is 11.2 Å². The zero-order valence-corrected chi connectivity index (χ0v) is 8.92. The predicted octanol–water partition coefficient (Wildman–Crippen LogP) is 1.43. The quantitative estimate of drug-likeness (QED) is 0.716. The van der Waals surface area contributed by atoms with Crippen LogP contribution in [0, 0.1) is 0 Å². The van der Waals surface area contributed by atoms with Gasteiger partial charge in [0.05, 0.1) is 0 Å². The molecule has 0 aliphatic carbocycles. The van der Waals surface area contributed by atoms with Crippen LogP contribution in [0.5, 0.6) is 0 Å². The second-order valence-corrected chi connectivity index (χ2v) is 4.02. The van der Waals surface area contributed by atoms with Gasteiger partial charge in [-0.1, -0.05) is 19.1 Å². The summed E-state index contributed by atoms with van der Waals surface area (Å²) in [6.45, 7) is 2.85. The van der Waals surface area contributed by atoms with E-state index in [4.69, 9.17) is 5.73 Å². The lowest BCUT2D eigenvalue weighted by molar-refractivity contribution is -0.119. The number of amides is 1. The van der Waals surface area contributed by atoms with E-state index in [1.165, 1.54) is 11.1 Å². The summed E-state index contributed by atoms with van der Waals surface area (Å²) in [6, 6.07) is 6.09. The second-order valence-electron chi connectivity index (χ2n) is 4.02. The van der Waals surface area contributed by atoms with Crippen molar-refractivity contribution in [1.82, 2.24) is 5.32 Å². The Hall–Kier alpha value is -1.51. The standard InChI is InChI=1S/C12H16N2O/c1-2-8-5-9(3-4-11(8)13)10-6-12(15)14-7-10/h3-5,10H,2,6-7,13H2,1H3,(H,14,15). The lowest BCUT2D eigenvalue weighted by Gasteiger charge is -2.11. The highest BCUT2D eigenvalue weighted by Crippen LogP contribution is 2.26. The van der Waals surface area contributed by atoms with Gasteiger partial charge in [0.1, 0.15) is 0 Å². The molecule has 0 aromatic heterocycles. The molecule has 1 saturated heterocycles. The highest BCUT2D eigenvalue weighted by Gasteiger charge is 2.23. The molecule has 1 unspecified atom stereocenters. The summed E-state index contributed by atoms with van der Waals surface area (Å²) in [4.78, 5) is 11.1. The van der Waals surface area contributed by atoms with Crippen LogP contribution in [0.15, 0.2) is 18.2 Å². The first kappa shape index (κ1) is 10.0. The van der Waals surface area contributed by atoms with Crippen molar-refractivity contribution in [2.24, 2.45) is 0 Å². The fourth-order valence-corrected chi connectivity index (χ4v) is 2.03. The molecule has 1 aromatic carbocycles. The van der Waals surface area contributed by atoms with Gasteiger partial charge in [-0.05, 0) is 23.6 Å². The van der Waals surface area contributed by atoms with E-state index >= 15 is 0 Å². The van der Waals surface area contributed by atoms with Crippen molar-refractivity contribution in [2.75, 3.05) is 12.3 Å². The largest absolute Gasteiger partial charge is 0.399 e. The van der Waals surface area contributed by atoms with Crippen LogP contribution in [-0.4, -0.2) is 12.5 Å². The lowest BCUT2D eigenvalue weighted by Crippen LogP contribution is -2.13. The smallest absolute Gasteiger partial charge is 0.220 e.